The van der Waals surface area contributed by atoms with Gasteiger partial charge < -0.3 is 0 Å². The number of carbonyl (C=O) groups excluding carboxylic acids is 2. The SMILES string of the molecule is CCCCC(=O)NNC(=O)c1c(Cl)cccc1Cl. The van der Waals surface area contributed by atoms with Gasteiger partial charge >= 0.3 is 0 Å². The Hall–Kier alpha value is -1.26. The quantitative estimate of drug-likeness (QED) is 0.837. The number of unbranched alkanes of at least 4 members (excludes halogenated alkanes) is 1. The number of hydrogen-bond donors (Lipinski definition) is 2. The van der Waals surface area contributed by atoms with Crippen LogP contribution in [0.4, 0.5) is 0 Å². The Morgan fingerprint density at radius 3 is 2.33 bits per heavy atom. The van der Waals surface area contributed by atoms with Gasteiger partial charge in [-0.3, -0.25) is 20.4 Å². The Morgan fingerprint density at radius 1 is 1.17 bits per heavy atom. The molecule has 0 atom stereocenters. The second-order valence-electron chi connectivity index (χ2n) is 3.70. The van der Waals surface area contributed by atoms with Gasteiger partial charge in [0, 0.05) is 6.42 Å². The molecule has 0 aromatic heterocycles. The molecule has 0 heterocycles. The Kier molecular flexibility index (Phi) is 5.95. The van der Waals surface area contributed by atoms with Gasteiger partial charge in [0.05, 0.1) is 15.6 Å². The number of rotatable bonds is 4. The first-order valence-corrected chi connectivity index (χ1v) is 6.35. The summed E-state index contributed by atoms with van der Waals surface area (Å²) in [5, 5.41) is 0.477. The predicted molar refractivity (Wildman–Crippen MR) is 71.6 cm³/mol. The van der Waals surface area contributed by atoms with Crippen LogP contribution in [0.25, 0.3) is 0 Å². The van der Waals surface area contributed by atoms with E-state index in [2.05, 4.69) is 10.9 Å². The minimum atomic E-state index is -0.532. The summed E-state index contributed by atoms with van der Waals surface area (Å²) in [5.41, 5.74) is 4.75. The van der Waals surface area contributed by atoms with Gasteiger partial charge in [0.15, 0.2) is 0 Å². The maximum atomic E-state index is 11.8. The molecule has 0 aliphatic heterocycles. The van der Waals surface area contributed by atoms with Crippen LogP contribution in [0.1, 0.15) is 36.5 Å². The highest BCUT2D eigenvalue weighted by Crippen LogP contribution is 2.23. The average molecular weight is 289 g/mol. The zero-order valence-electron chi connectivity index (χ0n) is 9.93. The molecule has 0 unspecified atom stereocenters. The van der Waals surface area contributed by atoms with Crippen molar-refractivity contribution in [3.8, 4) is 0 Å². The van der Waals surface area contributed by atoms with Crippen LogP contribution in [0.3, 0.4) is 0 Å². The first kappa shape index (κ1) is 14.8. The average Bonchev–Trinajstić information content (AvgIpc) is 2.33. The topological polar surface area (TPSA) is 58.2 Å². The van der Waals surface area contributed by atoms with E-state index in [0.29, 0.717) is 6.42 Å². The van der Waals surface area contributed by atoms with Gasteiger partial charge in [-0.25, -0.2) is 0 Å². The highest BCUT2D eigenvalue weighted by atomic mass is 35.5. The molecule has 0 aliphatic carbocycles. The summed E-state index contributed by atoms with van der Waals surface area (Å²) in [7, 11) is 0. The highest BCUT2D eigenvalue weighted by molar-refractivity contribution is 6.39. The van der Waals surface area contributed by atoms with Gasteiger partial charge in [0.25, 0.3) is 5.91 Å². The second-order valence-corrected chi connectivity index (χ2v) is 4.52. The van der Waals surface area contributed by atoms with Crippen LogP contribution < -0.4 is 10.9 Å². The predicted octanol–water partition coefficient (Wildman–Crippen LogP) is 2.94. The standard InChI is InChI=1S/C12H14Cl2N2O2/c1-2-3-7-10(17)15-16-12(18)11-8(13)5-4-6-9(11)14/h4-6H,2-3,7H2,1H3,(H,15,17)(H,16,18). The summed E-state index contributed by atoms with van der Waals surface area (Å²) in [4.78, 5) is 23.1. The number of benzene rings is 1. The molecule has 0 saturated carbocycles. The Morgan fingerprint density at radius 2 is 1.78 bits per heavy atom. The molecule has 1 rings (SSSR count). The number of hydrogen-bond acceptors (Lipinski definition) is 2. The number of carbonyl (C=O) groups is 2. The van der Waals surface area contributed by atoms with Crippen molar-refractivity contribution in [2.45, 2.75) is 26.2 Å². The molecule has 0 bridgehead atoms. The zero-order valence-corrected chi connectivity index (χ0v) is 11.4. The van der Waals surface area contributed by atoms with E-state index in [1.54, 1.807) is 18.2 Å². The third-order valence-corrected chi connectivity index (χ3v) is 2.89. The van der Waals surface area contributed by atoms with Crippen LogP contribution in [-0.4, -0.2) is 11.8 Å². The monoisotopic (exact) mass is 288 g/mol. The van der Waals surface area contributed by atoms with Crippen LogP contribution >= 0.6 is 23.2 Å². The molecule has 0 radical (unpaired) electrons. The van der Waals surface area contributed by atoms with Gasteiger partial charge in [-0.2, -0.15) is 0 Å². The molecular formula is C12H14Cl2N2O2. The Labute approximate surface area is 116 Å². The summed E-state index contributed by atoms with van der Waals surface area (Å²) in [5.74, 6) is -0.774. The first-order chi connectivity index (χ1) is 8.56. The molecule has 0 aliphatic rings. The van der Waals surface area contributed by atoms with Crippen LogP contribution in [0.5, 0.6) is 0 Å². The van der Waals surface area contributed by atoms with Crippen LogP contribution in [-0.2, 0) is 4.79 Å². The van der Waals surface area contributed by atoms with Crippen molar-refractivity contribution in [2.24, 2.45) is 0 Å². The van der Waals surface area contributed by atoms with E-state index < -0.39 is 5.91 Å². The van der Waals surface area contributed by atoms with E-state index >= 15 is 0 Å². The molecule has 0 saturated heterocycles. The maximum absolute atomic E-state index is 11.8. The van der Waals surface area contributed by atoms with Crippen molar-refractivity contribution in [3.05, 3.63) is 33.8 Å². The van der Waals surface area contributed by atoms with Crippen molar-refractivity contribution in [3.63, 3.8) is 0 Å². The minimum Gasteiger partial charge on any atom is -0.273 e. The van der Waals surface area contributed by atoms with E-state index in [0.717, 1.165) is 12.8 Å². The van der Waals surface area contributed by atoms with E-state index in [1.807, 2.05) is 6.92 Å². The molecule has 18 heavy (non-hydrogen) atoms. The minimum absolute atomic E-state index is 0.150. The third kappa shape index (κ3) is 4.20. The first-order valence-electron chi connectivity index (χ1n) is 5.59. The fourth-order valence-electron chi connectivity index (χ4n) is 1.30. The smallest absolute Gasteiger partial charge is 0.272 e. The Bertz CT molecular complexity index is 429. The summed E-state index contributed by atoms with van der Waals surface area (Å²) in [6.45, 7) is 1.98. The fourth-order valence-corrected chi connectivity index (χ4v) is 1.87. The third-order valence-electron chi connectivity index (χ3n) is 2.26. The van der Waals surface area contributed by atoms with Crippen LogP contribution in [0, 0.1) is 0 Å². The van der Waals surface area contributed by atoms with Crippen molar-refractivity contribution in [2.75, 3.05) is 0 Å². The van der Waals surface area contributed by atoms with E-state index in [9.17, 15) is 9.59 Å². The lowest BCUT2D eigenvalue weighted by molar-refractivity contribution is -0.121. The van der Waals surface area contributed by atoms with Crippen molar-refractivity contribution >= 4 is 35.0 Å². The molecule has 2 amide bonds. The lowest BCUT2D eigenvalue weighted by Gasteiger charge is -2.09. The summed E-state index contributed by atoms with van der Waals surface area (Å²) < 4.78 is 0. The maximum Gasteiger partial charge on any atom is 0.272 e. The molecule has 6 heteroatoms. The van der Waals surface area contributed by atoms with Crippen LogP contribution in [0.15, 0.2) is 18.2 Å². The number of nitrogens with one attached hydrogen (secondary N) is 2. The summed E-state index contributed by atoms with van der Waals surface area (Å²) in [6.07, 6.45) is 2.05. The number of hydrazine groups is 1. The van der Waals surface area contributed by atoms with Gasteiger partial charge in [0.1, 0.15) is 0 Å². The molecule has 1 aromatic rings. The van der Waals surface area contributed by atoms with Gasteiger partial charge in [-0.05, 0) is 18.6 Å². The normalized spacial score (nSPS) is 9.94. The van der Waals surface area contributed by atoms with Crippen molar-refractivity contribution in [1.29, 1.82) is 0 Å². The zero-order chi connectivity index (χ0) is 13.5. The van der Waals surface area contributed by atoms with Crippen molar-refractivity contribution in [1.82, 2.24) is 10.9 Å². The molecular weight excluding hydrogens is 275 g/mol. The molecule has 0 fully saturated rings. The van der Waals surface area contributed by atoms with E-state index in [1.165, 1.54) is 0 Å². The van der Waals surface area contributed by atoms with Crippen molar-refractivity contribution < 1.29 is 9.59 Å². The van der Waals surface area contributed by atoms with Gasteiger partial charge in [0.2, 0.25) is 5.91 Å². The highest BCUT2D eigenvalue weighted by Gasteiger charge is 2.14. The second kappa shape index (κ2) is 7.24. The molecule has 2 N–H and O–H groups in total. The van der Waals surface area contributed by atoms with Gasteiger partial charge in [-0.1, -0.05) is 42.6 Å². The summed E-state index contributed by atoms with van der Waals surface area (Å²) >= 11 is 11.7. The molecule has 0 spiro atoms. The molecule has 4 nitrogen and oxygen atoms in total. The number of halogens is 2. The van der Waals surface area contributed by atoms with Gasteiger partial charge in [-0.15, -0.1) is 0 Å². The van der Waals surface area contributed by atoms with E-state index in [4.69, 9.17) is 23.2 Å². The lowest BCUT2D eigenvalue weighted by Crippen LogP contribution is -2.41. The molecule has 1 aromatic carbocycles. The fraction of sp³-hybridized carbons (Fsp3) is 0.333. The Balaban J connectivity index is 2.58. The largest absolute Gasteiger partial charge is 0.273 e. The summed E-state index contributed by atoms with van der Waals surface area (Å²) in [6, 6.07) is 4.75. The lowest BCUT2D eigenvalue weighted by atomic mass is 10.2. The molecule has 98 valence electrons. The number of amides is 2. The van der Waals surface area contributed by atoms with Crippen LogP contribution in [0.2, 0.25) is 10.0 Å². The van der Waals surface area contributed by atoms with E-state index in [-0.39, 0.29) is 21.5 Å².